The number of aliphatic hydroxyl groups is 1. The molecule has 1 aromatic rings. The van der Waals surface area contributed by atoms with Crippen molar-refractivity contribution in [3.63, 3.8) is 0 Å². The van der Waals surface area contributed by atoms with Gasteiger partial charge >= 0.3 is 0 Å². The number of carbonyl (C=O) groups excluding carboxylic acids is 1. The van der Waals surface area contributed by atoms with Gasteiger partial charge in [0.25, 0.3) is 0 Å². The molecule has 4 nitrogen and oxygen atoms in total. The molecule has 0 spiro atoms. The zero-order valence-corrected chi connectivity index (χ0v) is 12.0. The summed E-state index contributed by atoms with van der Waals surface area (Å²) >= 11 is 2.06. The van der Waals surface area contributed by atoms with E-state index in [1.54, 1.807) is 0 Å². The highest BCUT2D eigenvalue weighted by Gasteiger charge is 2.36. The minimum absolute atomic E-state index is 0.0231. The Balaban J connectivity index is 1.89. The average molecular weight is 361 g/mol. The number of carbonyl (C=O) groups is 1. The van der Waals surface area contributed by atoms with E-state index in [4.69, 9.17) is 9.84 Å². The molecule has 1 heterocycles. The summed E-state index contributed by atoms with van der Waals surface area (Å²) < 4.78 is 5.41. The molecule has 18 heavy (non-hydrogen) atoms. The molecule has 2 rings (SSSR count). The monoisotopic (exact) mass is 361 g/mol. The number of piperidine rings is 1. The van der Waals surface area contributed by atoms with Gasteiger partial charge in [0, 0.05) is 12.6 Å². The van der Waals surface area contributed by atoms with Gasteiger partial charge in [0.2, 0.25) is 0 Å². The van der Waals surface area contributed by atoms with Crippen LogP contribution in [0.1, 0.15) is 5.56 Å². The SMILES string of the molecule is O=C1C(OCc2ccccc2)CNC(CO)C1I. The zero-order valence-electron chi connectivity index (χ0n) is 9.88. The lowest BCUT2D eigenvalue weighted by Gasteiger charge is -2.31. The molecule has 0 bridgehead atoms. The molecule has 0 radical (unpaired) electrons. The number of ketones is 1. The summed E-state index contributed by atoms with van der Waals surface area (Å²) in [6.45, 7) is 0.882. The van der Waals surface area contributed by atoms with Crippen LogP contribution < -0.4 is 5.32 Å². The number of hydrogen-bond donors (Lipinski definition) is 2. The third-order valence-electron chi connectivity index (χ3n) is 3.00. The molecular weight excluding hydrogens is 345 g/mol. The number of hydrogen-bond acceptors (Lipinski definition) is 4. The van der Waals surface area contributed by atoms with Crippen LogP contribution in [0.4, 0.5) is 0 Å². The van der Waals surface area contributed by atoms with Crippen LogP contribution in [-0.2, 0) is 16.1 Å². The summed E-state index contributed by atoms with van der Waals surface area (Å²) in [5, 5.41) is 12.2. The van der Waals surface area contributed by atoms with Crippen molar-refractivity contribution in [2.24, 2.45) is 0 Å². The Morgan fingerprint density at radius 3 is 2.78 bits per heavy atom. The lowest BCUT2D eigenvalue weighted by atomic mass is 10.0. The van der Waals surface area contributed by atoms with E-state index in [0.717, 1.165) is 5.56 Å². The molecule has 0 saturated carbocycles. The molecule has 1 aliphatic heterocycles. The van der Waals surface area contributed by atoms with Gasteiger partial charge in [0.05, 0.1) is 17.1 Å². The lowest BCUT2D eigenvalue weighted by molar-refractivity contribution is -0.133. The maximum absolute atomic E-state index is 12.0. The van der Waals surface area contributed by atoms with Gasteiger partial charge in [0.1, 0.15) is 6.10 Å². The number of halogens is 1. The van der Waals surface area contributed by atoms with Crippen LogP contribution in [0, 0.1) is 0 Å². The van der Waals surface area contributed by atoms with E-state index in [9.17, 15) is 4.79 Å². The number of benzene rings is 1. The van der Waals surface area contributed by atoms with E-state index >= 15 is 0 Å². The fourth-order valence-corrected chi connectivity index (χ4v) is 2.79. The van der Waals surface area contributed by atoms with Crippen molar-refractivity contribution in [2.45, 2.75) is 22.7 Å². The Bertz CT molecular complexity index is 398. The first-order valence-electron chi connectivity index (χ1n) is 5.90. The first kappa shape index (κ1) is 13.9. The van der Waals surface area contributed by atoms with Crippen LogP contribution in [0.15, 0.2) is 30.3 Å². The van der Waals surface area contributed by atoms with Crippen molar-refractivity contribution in [1.82, 2.24) is 5.32 Å². The third-order valence-corrected chi connectivity index (χ3v) is 4.48. The molecule has 0 aromatic heterocycles. The summed E-state index contributed by atoms with van der Waals surface area (Å²) in [6, 6.07) is 9.63. The molecule has 1 aromatic carbocycles. The van der Waals surface area contributed by atoms with Gasteiger partial charge in [0.15, 0.2) is 5.78 Å². The van der Waals surface area contributed by atoms with Crippen LogP contribution >= 0.6 is 22.6 Å². The molecule has 1 saturated heterocycles. The van der Waals surface area contributed by atoms with E-state index in [1.165, 1.54) is 0 Å². The number of ether oxygens (including phenoxy) is 1. The van der Waals surface area contributed by atoms with E-state index in [-0.39, 0.29) is 22.4 Å². The number of aliphatic hydroxyl groups excluding tert-OH is 1. The van der Waals surface area contributed by atoms with E-state index in [2.05, 4.69) is 27.9 Å². The van der Waals surface area contributed by atoms with Crippen molar-refractivity contribution < 1.29 is 14.6 Å². The van der Waals surface area contributed by atoms with E-state index < -0.39 is 6.10 Å². The standard InChI is InChI=1S/C13H16INO3/c14-12-10(7-16)15-6-11(13(12)17)18-8-9-4-2-1-3-5-9/h1-5,10-12,15-16H,6-8H2. The molecule has 3 atom stereocenters. The van der Waals surface area contributed by atoms with Gasteiger partial charge in [-0.05, 0) is 5.56 Å². The summed E-state index contributed by atoms with van der Waals surface area (Å²) in [6.07, 6.45) is -0.421. The second kappa shape index (κ2) is 6.60. The summed E-state index contributed by atoms with van der Waals surface area (Å²) in [4.78, 5) is 12.0. The Labute approximate surface area is 120 Å². The Morgan fingerprint density at radius 2 is 2.11 bits per heavy atom. The van der Waals surface area contributed by atoms with Gasteiger partial charge in [-0.2, -0.15) is 0 Å². The highest BCUT2D eigenvalue weighted by molar-refractivity contribution is 14.1. The molecule has 5 heteroatoms. The first-order valence-corrected chi connectivity index (χ1v) is 7.14. The molecule has 0 aliphatic carbocycles. The Morgan fingerprint density at radius 1 is 1.39 bits per heavy atom. The third kappa shape index (κ3) is 3.28. The van der Waals surface area contributed by atoms with Crippen molar-refractivity contribution in [2.75, 3.05) is 13.2 Å². The van der Waals surface area contributed by atoms with Crippen LogP contribution in [-0.4, -0.2) is 40.1 Å². The number of rotatable bonds is 4. The quantitative estimate of drug-likeness (QED) is 0.618. The fourth-order valence-electron chi connectivity index (χ4n) is 1.91. The minimum atomic E-state index is -0.421. The predicted molar refractivity (Wildman–Crippen MR) is 76.7 cm³/mol. The first-order chi connectivity index (χ1) is 8.72. The van der Waals surface area contributed by atoms with Gasteiger partial charge < -0.3 is 15.2 Å². The van der Waals surface area contributed by atoms with Crippen LogP contribution in [0.3, 0.4) is 0 Å². The molecule has 1 aliphatic rings. The topological polar surface area (TPSA) is 58.6 Å². The minimum Gasteiger partial charge on any atom is -0.395 e. The molecule has 1 fully saturated rings. The Hall–Kier alpha value is -0.500. The fraction of sp³-hybridized carbons (Fsp3) is 0.462. The largest absolute Gasteiger partial charge is 0.395 e. The van der Waals surface area contributed by atoms with Crippen molar-refractivity contribution in [3.05, 3.63) is 35.9 Å². The summed E-state index contributed by atoms with van der Waals surface area (Å²) in [7, 11) is 0. The smallest absolute Gasteiger partial charge is 0.177 e. The zero-order chi connectivity index (χ0) is 13.0. The summed E-state index contributed by atoms with van der Waals surface area (Å²) in [5.41, 5.74) is 1.06. The average Bonchev–Trinajstić information content (AvgIpc) is 2.42. The predicted octanol–water partition coefficient (Wildman–Crippen LogP) is 0.909. The number of nitrogens with one attached hydrogen (secondary N) is 1. The van der Waals surface area contributed by atoms with Gasteiger partial charge in [-0.1, -0.05) is 52.9 Å². The molecule has 2 N–H and O–H groups in total. The summed E-state index contributed by atoms with van der Waals surface area (Å²) in [5.74, 6) is 0.0596. The lowest BCUT2D eigenvalue weighted by Crippen LogP contribution is -2.57. The molecule has 3 unspecified atom stereocenters. The van der Waals surface area contributed by atoms with Crippen molar-refractivity contribution in [1.29, 1.82) is 0 Å². The molecular formula is C13H16INO3. The second-order valence-electron chi connectivity index (χ2n) is 4.29. The van der Waals surface area contributed by atoms with E-state index in [1.807, 2.05) is 30.3 Å². The van der Waals surface area contributed by atoms with E-state index in [0.29, 0.717) is 13.2 Å². The number of Topliss-reactive ketones (excluding diaryl/α,β-unsaturated/α-hetero) is 1. The van der Waals surface area contributed by atoms with Crippen LogP contribution in [0.2, 0.25) is 0 Å². The second-order valence-corrected chi connectivity index (χ2v) is 5.63. The van der Waals surface area contributed by atoms with Crippen molar-refractivity contribution >= 4 is 28.4 Å². The van der Waals surface area contributed by atoms with Crippen LogP contribution in [0.5, 0.6) is 0 Å². The maximum Gasteiger partial charge on any atom is 0.177 e. The van der Waals surface area contributed by atoms with Crippen LogP contribution in [0.25, 0.3) is 0 Å². The van der Waals surface area contributed by atoms with Gasteiger partial charge in [-0.15, -0.1) is 0 Å². The molecule has 98 valence electrons. The van der Waals surface area contributed by atoms with Crippen molar-refractivity contribution in [3.8, 4) is 0 Å². The highest BCUT2D eigenvalue weighted by atomic mass is 127. The number of alkyl halides is 1. The normalized spacial score (nSPS) is 28.3. The van der Waals surface area contributed by atoms with Gasteiger partial charge in [-0.25, -0.2) is 0 Å². The highest BCUT2D eigenvalue weighted by Crippen LogP contribution is 2.17. The van der Waals surface area contributed by atoms with Gasteiger partial charge in [-0.3, -0.25) is 4.79 Å². The Kier molecular flexibility index (Phi) is 5.11. The molecule has 0 amide bonds. The maximum atomic E-state index is 12.0.